The van der Waals surface area contributed by atoms with Crippen molar-refractivity contribution in [3.8, 4) is 0 Å². The first-order chi connectivity index (χ1) is 14.6. The Hall–Kier alpha value is -1.55. The zero-order chi connectivity index (χ0) is 21.8. The number of amides is 1. The maximum Gasteiger partial charge on any atom is 0.409 e. The molecule has 0 saturated carbocycles. The number of carbonyl (C=O) groups is 1. The van der Waals surface area contributed by atoms with E-state index < -0.39 is 0 Å². The van der Waals surface area contributed by atoms with Gasteiger partial charge in [0.05, 0.1) is 13.2 Å². The van der Waals surface area contributed by atoms with Gasteiger partial charge in [-0.25, -0.2) is 9.79 Å². The number of benzene rings is 1. The monoisotopic (exact) mass is 545 g/mol. The Morgan fingerprint density at radius 3 is 2.45 bits per heavy atom. The lowest BCUT2D eigenvalue weighted by molar-refractivity contribution is 0.0963. The molecule has 0 bridgehead atoms. The van der Waals surface area contributed by atoms with E-state index in [-0.39, 0.29) is 30.1 Å². The van der Waals surface area contributed by atoms with Crippen molar-refractivity contribution >= 4 is 36.0 Å². The normalized spacial score (nSPS) is 14.9. The summed E-state index contributed by atoms with van der Waals surface area (Å²) in [5, 5.41) is 6.88. The molecule has 1 aromatic carbocycles. The minimum absolute atomic E-state index is 0. The van der Waals surface area contributed by atoms with Crippen LogP contribution in [0.3, 0.4) is 0 Å². The highest BCUT2D eigenvalue weighted by molar-refractivity contribution is 14.0. The molecule has 1 aliphatic rings. The number of halogens is 1. The van der Waals surface area contributed by atoms with Crippen LogP contribution in [0.2, 0.25) is 0 Å². The van der Waals surface area contributed by atoms with E-state index in [9.17, 15) is 4.79 Å². The first-order valence-corrected chi connectivity index (χ1v) is 11.4. The van der Waals surface area contributed by atoms with Crippen molar-refractivity contribution in [1.29, 1.82) is 0 Å². The van der Waals surface area contributed by atoms with Crippen LogP contribution < -0.4 is 10.6 Å². The molecule has 1 heterocycles. The van der Waals surface area contributed by atoms with Crippen LogP contribution in [0, 0.1) is 0 Å². The van der Waals surface area contributed by atoms with Crippen LogP contribution in [0.1, 0.15) is 51.7 Å². The third-order valence-corrected chi connectivity index (χ3v) is 5.42. The third-order valence-electron chi connectivity index (χ3n) is 5.42. The SMILES string of the molecule is CCNC(=NCc1cccc(CN(CC)CC)c1)NC1CCN(C(=O)OCC)CC1.I. The van der Waals surface area contributed by atoms with Crippen molar-refractivity contribution in [1.82, 2.24) is 20.4 Å². The number of nitrogens with one attached hydrogen (secondary N) is 2. The minimum atomic E-state index is -0.207. The van der Waals surface area contributed by atoms with Gasteiger partial charge in [-0.2, -0.15) is 0 Å². The van der Waals surface area contributed by atoms with Crippen molar-refractivity contribution in [3.05, 3.63) is 35.4 Å². The zero-order valence-electron chi connectivity index (χ0n) is 19.5. The lowest BCUT2D eigenvalue weighted by Crippen LogP contribution is -2.49. The average Bonchev–Trinajstić information content (AvgIpc) is 2.77. The Bertz CT molecular complexity index is 674. The predicted molar refractivity (Wildman–Crippen MR) is 138 cm³/mol. The van der Waals surface area contributed by atoms with E-state index in [2.05, 4.69) is 60.6 Å². The summed E-state index contributed by atoms with van der Waals surface area (Å²) in [6.07, 6.45) is 1.58. The molecule has 1 amide bonds. The minimum Gasteiger partial charge on any atom is -0.450 e. The van der Waals surface area contributed by atoms with Gasteiger partial charge < -0.3 is 20.3 Å². The van der Waals surface area contributed by atoms with Crippen LogP contribution >= 0.6 is 24.0 Å². The van der Waals surface area contributed by atoms with E-state index in [0.717, 1.165) is 45.0 Å². The molecule has 1 aliphatic heterocycles. The number of rotatable bonds is 9. The molecule has 7 nitrogen and oxygen atoms in total. The smallest absolute Gasteiger partial charge is 0.409 e. The summed E-state index contributed by atoms with van der Waals surface area (Å²) in [5.74, 6) is 0.834. The fourth-order valence-corrected chi connectivity index (χ4v) is 3.64. The molecule has 0 aromatic heterocycles. The number of nitrogens with zero attached hydrogens (tertiary/aromatic N) is 3. The Balaban J connectivity index is 0.00000480. The van der Waals surface area contributed by atoms with E-state index >= 15 is 0 Å². The van der Waals surface area contributed by atoms with Gasteiger partial charge in [0.1, 0.15) is 0 Å². The number of hydrogen-bond donors (Lipinski definition) is 2. The summed E-state index contributed by atoms with van der Waals surface area (Å²) in [7, 11) is 0. The van der Waals surface area contributed by atoms with Crippen LogP contribution in [0.15, 0.2) is 29.3 Å². The highest BCUT2D eigenvalue weighted by atomic mass is 127. The van der Waals surface area contributed by atoms with Gasteiger partial charge in [0, 0.05) is 32.2 Å². The summed E-state index contributed by atoms with van der Waals surface area (Å²) in [4.78, 5) is 20.9. The van der Waals surface area contributed by atoms with Crippen molar-refractivity contribution in [2.24, 2.45) is 4.99 Å². The second-order valence-electron chi connectivity index (χ2n) is 7.58. The average molecular weight is 546 g/mol. The van der Waals surface area contributed by atoms with Gasteiger partial charge >= 0.3 is 6.09 Å². The van der Waals surface area contributed by atoms with Crippen LogP contribution in [0.4, 0.5) is 4.79 Å². The first kappa shape index (κ1) is 27.5. The summed E-state index contributed by atoms with van der Waals surface area (Å²) >= 11 is 0. The Labute approximate surface area is 205 Å². The molecule has 1 fully saturated rings. The highest BCUT2D eigenvalue weighted by Gasteiger charge is 2.24. The van der Waals surface area contributed by atoms with Gasteiger partial charge in [-0.05, 0) is 50.9 Å². The standard InChI is InChI=1S/C23H39N5O2.HI/c1-5-24-22(26-21-12-14-28(15-13-21)23(29)30-8-4)25-17-19-10-9-11-20(16-19)18-27(6-2)7-3;/h9-11,16,21H,5-8,12-15,17-18H2,1-4H3,(H2,24,25,26);1H. The summed E-state index contributed by atoms with van der Waals surface area (Å²) in [6, 6.07) is 9.00. The van der Waals surface area contributed by atoms with E-state index in [1.165, 1.54) is 11.1 Å². The second kappa shape index (κ2) is 15.3. The largest absolute Gasteiger partial charge is 0.450 e. The van der Waals surface area contributed by atoms with E-state index in [1.54, 1.807) is 4.90 Å². The second-order valence-corrected chi connectivity index (χ2v) is 7.58. The predicted octanol–water partition coefficient (Wildman–Crippen LogP) is 3.82. The van der Waals surface area contributed by atoms with E-state index in [1.807, 2.05) is 6.92 Å². The van der Waals surface area contributed by atoms with E-state index in [4.69, 9.17) is 9.73 Å². The third kappa shape index (κ3) is 9.64. The fourth-order valence-electron chi connectivity index (χ4n) is 3.64. The highest BCUT2D eigenvalue weighted by Crippen LogP contribution is 2.12. The van der Waals surface area contributed by atoms with Crippen molar-refractivity contribution in [2.45, 2.75) is 59.7 Å². The van der Waals surface area contributed by atoms with Crippen LogP contribution in [0.5, 0.6) is 0 Å². The molecule has 0 radical (unpaired) electrons. The molecule has 1 aromatic rings. The molecule has 0 unspecified atom stereocenters. The zero-order valence-corrected chi connectivity index (χ0v) is 21.9. The van der Waals surface area contributed by atoms with Crippen molar-refractivity contribution < 1.29 is 9.53 Å². The quantitative estimate of drug-likeness (QED) is 0.281. The number of likely N-dealkylation sites (tertiary alicyclic amines) is 1. The van der Waals surface area contributed by atoms with Crippen LogP contribution in [0.25, 0.3) is 0 Å². The Morgan fingerprint density at radius 1 is 1.16 bits per heavy atom. The Kier molecular flexibility index (Phi) is 13.6. The topological polar surface area (TPSA) is 69.2 Å². The molecular formula is C23H40IN5O2. The maximum absolute atomic E-state index is 11.9. The Morgan fingerprint density at radius 2 is 1.84 bits per heavy atom. The molecule has 0 spiro atoms. The van der Waals surface area contributed by atoms with Crippen molar-refractivity contribution in [2.75, 3.05) is 39.3 Å². The van der Waals surface area contributed by atoms with Gasteiger partial charge in [0.2, 0.25) is 0 Å². The molecule has 8 heteroatoms. The maximum atomic E-state index is 11.9. The van der Waals surface area contributed by atoms with Gasteiger partial charge in [-0.15, -0.1) is 24.0 Å². The summed E-state index contributed by atoms with van der Waals surface area (Å²) in [6.45, 7) is 14.7. The molecular weight excluding hydrogens is 505 g/mol. The molecule has 2 N–H and O–H groups in total. The van der Waals surface area contributed by atoms with Crippen molar-refractivity contribution in [3.63, 3.8) is 0 Å². The van der Waals surface area contributed by atoms with E-state index in [0.29, 0.717) is 32.3 Å². The number of piperidine rings is 1. The molecule has 0 atom stereocenters. The molecule has 176 valence electrons. The number of hydrogen-bond acceptors (Lipinski definition) is 4. The number of carbonyl (C=O) groups excluding carboxylic acids is 1. The lowest BCUT2D eigenvalue weighted by Gasteiger charge is -2.32. The number of ether oxygens (including phenoxy) is 1. The number of aliphatic imine (C=N–C) groups is 1. The molecule has 2 rings (SSSR count). The van der Waals surface area contributed by atoms with Crippen LogP contribution in [-0.2, 0) is 17.8 Å². The molecule has 0 aliphatic carbocycles. The fraction of sp³-hybridized carbons (Fsp3) is 0.652. The summed E-state index contributed by atoms with van der Waals surface area (Å²) < 4.78 is 5.10. The lowest BCUT2D eigenvalue weighted by atomic mass is 10.1. The van der Waals surface area contributed by atoms with Gasteiger partial charge in [-0.3, -0.25) is 4.90 Å². The van der Waals surface area contributed by atoms with Gasteiger partial charge in [-0.1, -0.05) is 38.1 Å². The van der Waals surface area contributed by atoms with Gasteiger partial charge in [0.25, 0.3) is 0 Å². The molecule has 31 heavy (non-hydrogen) atoms. The van der Waals surface area contributed by atoms with Gasteiger partial charge in [0.15, 0.2) is 5.96 Å². The number of guanidine groups is 1. The molecule has 1 saturated heterocycles. The summed E-state index contributed by atoms with van der Waals surface area (Å²) in [5.41, 5.74) is 2.55. The first-order valence-electron chi connectivity index (χ1n) is 11.4. The van der Waals surface area contributed by atoms with Crippen LogP contribution in [-0.4, -0.2) is 67.2 Å².